The lowest BCUT2D eigenvalue weighted by molar-refractivity contribution is -0.941. The molecule has 0 bridgehead atoms. The van der Waals surface area contributed by atoms with Gasteiger partial charge in [-0.15, -0.1) is 0 Å². The maximum absolute atomic E-state index is 9.10. The molecule has 5 nitrogen and oxygen atoms in total. The molecule has 1 aromatic carbocycles. The fourth-order valence-corrected chi connectivity index (χ4v) is 2.97. The van der Waals surface area contributed by atoms with Gasteiger partial charge < -0.3 is 14.7 Å². The van der Waals surface area contributed by atoms with E-state index < -0.39 is 11.9 Å². The van der Waals surface area contributed by atoms with Crippen molar-refractivity contribution in [1.29, 1.82) is 0 Å². The molecule has 5 heteroatoms. The Labute approximate surface area is 139 Å². The molecular weight excluding hydrogens is 294 g/mol. The number of carboxylic acids is 2. The van der Waals surface area contributed by atoms with Gasteiger partial charge in [-0.2, -0.15) is 0 Å². The molecule has 0 fully saturated rings. The number of benzene rings is 1. The van der Waals surface area contributed by atoms with E-state index in [0.29, 0.717) is 0 Å². The van der Waals surface area contributed by atoms with Crippen molar-refractivity contribution in [2.75, 3.05) is 19.6 Å². The maximum atomic E-state index is 9.10. The van der Waals surface area contributed by atoms with Crippen LogP contribution in [0.2, 0.25) is 0 Å². The molecule has 23 heavy (non-hydrogen) atoms. The fraction of sp³-hybridized carbons (Fsp3) is 0.556. The van der Waals surface area contributed by atoms with Gasteiger partial charge >= 0.3 is 11.9 Å². The predicted octanol–water partition coefficient (Wildman–Crippen LogP) is 3.39. The van der Waals surface area contributed by atoms with Crippen molar-refractivity contribution in [1.82, 2.24) is 0 Å². The van der Waals surface area contributed by atoms with Crippen molar-refractivity contribution < 1.29 is 24.3 Å². The normalized spacial score (nSPS) is 10.6. The summed E-state index contributed by atoms with van der Waals surface area (Å²) in [6.45, 7) is 12.1. The molecule has 0 unspecified atom stereocenters. The quantitative estimate of drug-likeness (QED) is 0.568. The van der Waals surface area contributed by atoms with Crippen molar-refractivity contribution in [3.63, 3.8) is 0 Å². The first kappa shape index (κ1) is 21.1. The van der Waals surface area contributed by atoms with Crippen molar-refractivity contribution in [3.05, 3.63) is 35.9 Å². The fourth-order valence-electron chi connectivity index (χ4n) is 2.97. The van der Waals surface area contributed by atoms with Gasteiger partial charge in [-0.1, -0.05) is 51.1 Å². The zero-order valence-corrected chi connectivity index (χ0v) is 14.5. The topological polar surface area (TPSA) is 74.6 Å². The van der Waals surface area contributed by atoms with Crippen LogP contribution in [0.5, 0.6) is 0 Å². The second-order valence-corrected chi connectivity index (χ2v) is 5.77. The molecule has 0 aliphatic heterocycles. The van der Waals surface area contributed by atoms with Gasteiger partial charge in [0, 0.05) is 5.56 Å². The van der Waals surface area contributed by atoms with Crippen LogP contribution in [0.25, 0.3) is 0 Å². The highest BCUT2D eigenvalue weighted by Crippen LogP contribution is 2.17. The lowest BCUT2D eigenvalue weighted by Crippen LogP contribution is -2.48. The van der Waals surface area contributed by atoms with Crippen molar-refractivity contribution in [2.45, 2.75) is 46.6 Å². The lowest BCUT2D eigenvalue weighted by atomic mass is 10.1. The monoisotopic (exact) mass is 324 g/mol. The summed E-state index contributed by atoms with van der Waals surface area (Å²) >= 11 is 0. The van der Waals surface area contributed by atoms with E-state index in [1.807, 2.05) is 0 Å². The third kappa shape index (κ3) is 8.98. The zero-order chi connectivity index (χ0) is 17.7. The van der Waals surface area contributed by atoms with Crippen molar-refractivity contribution in [3.8, 4) is 0 Å². The first-order valence-electron chi connectivity index (χ1n) is 8.26. The van der Waals surface area contributed by atoms with E-state index in [4.69, 9.17) is 19.8 Å². The standard InChI is InChI=1S/C16H28N.C2H2O4/c1-4-12-17(13-5-2,14-6-3)15-16-10-8-7-9-11-16;3-1(4)2(5)6/h7-11H,4-6,12-15H2,1-3H3;(H,3,4)(H,5,6)/q+1;. The minimum Gasteiger partial charge on any atom is -0.473 e. The van der Waals surface area contributed by atoms with Crippen LogP contribution in [-0.4, -0.2) is 46.3 Å². The number of carbonyl (C=O) groups is 2. The van der Waals surface area contributed by atoms with E-state index in [0.717, 1.165) is 0 Å². The Morgan fingerprint density at radius 2 is 1.22 bits per heavy atom. The van der Waals surface area contributed by atoms with Gasteiger partial charge in [0.2, 0.25) is 0 Å². The largest absolute Gasteiger partial charge is 0.473 e. The number of carboxylic acid groups (broad SMARTS) is 2. The van der Waals surface area contributed by atoms with E-state index in [1.165, 1.54) is 55.5 Å². The zero-order valence-electron chi connectivity index (χ0n) is 14.5. The molecule has 130 valence electrons. The third-order valence-electron chi connectivity index (χ3n) is 3.64. The summed E-state index contributed by atoms with van der Waals surface area (Å²) in [5.74, 6) is -3.65. The molecule has 1 aromatic rings. The number of rotatable bonds is 8. The van der Waals surface area contributed by atoms with Gasteiger partial charge in [0.15, 0.2) is 0 Å². The van der Waals surface area contributed by atoms with Crippen LogP contribution in [-0.2, 0) is 16.1 Å². The highest BCUT2D eigenvalue weighted by atomic mass is 16.4. The van der Waals surface area contributed by atoms with Crippen LogP contribution in [0.15, 0.2) is 30.3 Å². The summed E-state index contributed by atoms with van der Waals surface area (Å²) < 4.78 is 1.27. The molecule has 0 atom stereocenters. The second kappa shape index (κ2) is 11.7. The van der Waals surface area contributed by atoms with Crippen LogP contribution in [0, 0.1) is 0 Å². The molecule has 0 amide bonds. The van der Waals surface area contributed by atoms with E-state index >= 15 is 0 Å². The van der Waals surface area contributed by atoms with Gasteiger partial charge in [0.05, 0.1) is 19.6 Å². The van der Waals surface area contributed by atoms with Crippen LogP contribution in [0.3, 0.4) is 0 Å². The number of hydrogen-bond donors (Lipinski definition) is 2. The maximum Gasteiger partial charge on any atom is 0.414 e. The minimum atomic E-state index is -1.82. The number of hydrogen-bond acceptors (Lipinski definition) is 2. The molecule has 0 heterocycles. The lowest BCUT2D eigenvalue weighted by Gasteiger charge is -2.38. The average molecular weight is 324 g/mol. The first-order valence-corrected chi connectivity index (χ1v) is 8.26. The molecule has 0 aliphatic rings. The molecule has 0 radical (unpaired) electrons. The average Bonchev–Trinajstić information content (AvgIpc) is 2.49. The Morgan fingerprint density at radius 3 is 1.52 bits per heavy atom. The highest BCUT2D eigenvalue weighted by Gasteiger charge is 2.24. The Kier molecular flexibility index (Phi) is 10.7. The summed E-state index contributed by atoms with van der Waals surface area (Å²) in [6, 6.07) is 11.0. The minimum absolute atomic E-state index is 1.20. The number of quaternary nitrogens is 1. The van der Waals surface area contributed by atoms with Crippen molar-refractivity contribution in [2.24, 2.45) is 0 Å². The van der Waals surface area contributed by atoms with E-state index in [9.17, 15) is 0 Å². The molecule has 2 N–H and O–H groups in total. The van der Waals surface area contributed by atoms with Crippen LogP contribution in [0.4, 0.5) is 0 Å². The van der Waals surface area contributed by atoms with E-state index in [2.05, 4.69) is 51.1 Å². The Hall–Kier alpha value is -1.88. The Balaban J connectivity index is 0.000000688. The summed E-state index contributed by atoms with van der Waals surface area (Å²) in [6.07, 6.45) is 3.85. The van der Waals surface area contributed by atoms with Crippen LogP contribution in [0.1, 0.15) is 45.6 Å². The third-order valence-corrected chi connectivity index (χ3v) is 3.64. The second-order valence-electron chi connectivity index (χ2n) is 5.77. The highest BCUT2D eigenvalue weighted by molar-refractivity contribution is 6.27. The summed E-state index contributed by atoms with van der Waals surface area (Å²) in [5, 5.41) is 14.8. The van der Waals surface area contributed by atoms with E-state index in [1.54, 1.807) is 0 Å². The first-order chi connectivity index (χ1) is 10.9. The molecule has 0 saturated carbocycles. The molecule has 0 spiro atoms. The number of aliphatic carboxylic acids is 2. The van der Waals surface area contributed by atoms with Gasteiger partial charge in [-0.3, -0.25) is 0 Å². The smallest absolute Gasteiger partial charge is 0.414 e. The summed E-state index contributed by atoms with van der Waals surface area (Å²) in [4.78, 5) is 18.2. The van der Waals surface area contributed by atoms with Gasteiger partial charge in [0.25, 0.3) is 0 Å². The van der Waals surface area contributed by atoms with Gasteiger partial charge in [0.1, 0.15) is 6.54 Å². The number of nitrogens with zero attached hydrogens (tertiary/aromatic N) is 1. The predicted molar refractivity (Wildman–Crippen MR) is 91.2 cm³/mol. The van der Waals surface area contributed by atoms with Crippen molar-refractivity contribution >= 4 is 11.9 Å². The Morgan fingerprint density at radius 1 is 0.826 bits per heavy atom. The molecular formula is C18H30NO4+. The van der Waals surface area contributed by atoms with Crippen LogP contribution < -0.4 is 0 Å². The summed E-state index contributed by atoms with van der Waals surface area (Å²) in [5.41, 5.74) is 1.49. The van der Waals surface area contributed by atoms with E-state index in [-0.39, 0.29) is 0 Å². The molecule has 0 saturated heterocycles. The van der Waals surface area contributed by atoms with Gasteiger partial charge in [-0.25, -0.2) is 9.59 Å². The summed E-state index contributed by atoms with van der Waals surface area (Å²) in [7, 11) is 0. The molecule has 0 aliphatic carbocycles. The van der Waals surface area contributed by atoms with Crippen LogP contribution >= 0.6 is 0 Å². The molecule has 1 rings (SSSR count). The SMILES string of the molecule is CCC[N+](CCC)(CCC)Cc1ccccc1.O=C(O)C(=O)O. The molecule has 0 aromatic heterocycles. The Bertz CT molecular complexity index is 430. The van der Waals surface area contributed by atoms with Gasteiger partial charge in [-0.05, 0) is 19.3 Å².